The molecule has 4 heteroatoms. The Bertz CT molecular complexity index is 462. The molecule has 2 rings (SSSR count). The molecule has 0 fully saturated rings. The van der Waals surface area contributed by atoms with Gasteiger partial charge in [-0.1, -0.05) is 23.7 Å². The summed E-state index contributed by atoms with van der Waals surface area (Å²) in [6.45, 7) is 1.64. The van der Waals surface area contributed by atoms with Crippen molar-refractivity contribution in [3.8, 4) is 0 Å². The number of aryl methyl sites for hydroxylation is 1. The van der Waals surface area contributed by atoms with Crippen LogP contribution < -0.4 is 5.73 Å². The molecule has 1 heterocycles. The predicted octanol–water partition coefficient (Wildman–Crippen LogP) is 2.48. The molecule has 0 atom stereocenters. The summed E-state index contributed by atoms with van der Waals surface area (Å²) in [7, 11) is 0. The van der Waals surface area contributed by atoms with Crippen molar-refractivity contribution < 1.29 is 0 Å². The Morgan fingerprint density at radius 3 is 2.71 bits per heavy atom. The van der Waals surface area contributed by atoms with Crippen LogP contribution in [0.5, 0.6) is 0 Å². The van der Waals surface area contributed by atoms with Crippen LogP contribution in [-0.4, -0.2) is 16.1 Å². The zero-order valence-corrected chi connectivity index (χ0v) is 10.4. The maximum absolute atomic E-state index is 5.86. The minimum Gasteiger partial charge on any atom is -0.335 e. The third-order valence-electron chi connectivity index (χ3n) is 2.68. The van der Waals surface area contributed by atoms with E-state index in [1.807, 2.05) is 36.7 Å². The number of aromatic nitrogens is 2. The average molecular weight is 250 g/mol. The minimum atomic E-state index is 0.707. The molecule has 0 amide bonds. The molecule has 0 radical (unpaired) electrons. The van der Waals surface area contributed by atoms with Crippen molar-refractivity contribution in [2.45, 2.75) is 19.4 Å². The number of hydrogen-bond donors (Lipinski definition) is 1. The molecular formula is C13H16ClN3. The fourth-order valence-corrected chi connectivity index (χ4v) is 1.88. The van der Waals surface area contributed by atoms with Gasteiger partial charge in [-0.3, -0.25) is 0 Å². The van der Waals surface area contributed by atoms with E-state index < -0.39 is 0 Å². The van der Waals surface area contributed by atoms with Crippen LogP contribution in [0.1, 0.15) is 17.8 Å². The second-order valence-electron chi connectivity index (χ2n) is 3.98. The second-order valence-corrected chi connectivity index (χ2v) is 4.42. The first-order valence-electron chi connectivity index (χ1n) is 5.74. The zero-order valence-electron chi connectivity index (χ0n) is 9.64. The summed E-state index contributed by atoms with van der Waals surface area (Å²) in [5, 5.41) is 0.764. The van der Waals surface area contributed by atoms with E-state index in [1.54, 1.807) is 0 Å². The molecule has 90 valence electrons. The van der Waals surface area contributed by atoms with Crippen LogP contribution in [0, 0.1) is 0 Å². The number of imidazole rings is 1. The van der Waals surface area contributed by atoms with Gasteiger partial charge in [-0.25, -0.2) is 4.98 Å². The Morgan fingerprint density at radius 1 is 1.24 bits per heavy atom. The molecular weight excluding hydrogens is 234 g/mol. The first-order chi connectivity index (χ1) is 8.29. The van der Waals surface area contributed by atoms with E-state index in [1.165, 1.54) is 5.56 Å². The minimum absolute atomic E-state index is 0.707. The number of nitrogens with two attached hydrogens (primary N) is 1. The van der Waals surface area contributed by atoms with E-state index in [0.717, 1.165) is 30.2 Å². The number of rotatable bonds is 5. The second kappa shape index (κ2) is 5.84. The van der Waals surface area contributed by atoms with Gasteiger partial charge in [0.1, 0.15) is 5.82 Å². The highest BCUT2D eigenvalue weighted by atomic mass is 35.5. The lowest BCUT2D eigenvalue weighted by molar-refractivity contribution is 0.624. The molecule has 0 saturated carbocycles. The summed E-state index contributed by atoms with van der Waals surface area (Å²) >= 11 is 5.86. The highest BCUT2D eigenvalue weighted by Crippen LogP contribution is 2.13. The molecule has 0 bridgehead atoms. The van der Waals surface area contributed by atoms with E-state index in [0.29, 0.717) is 6.54 Å². The molecule has 1 aromatic carbocycles. The van der Waals surface area contributed by atoms with Gasteiger partial charge >= 0.3 is 0 Å². The largest absolute Gasteiger partial charge is 0.335 e. The van der Waals surface area contributed by atoms with E-state index in [4.69, 9.17) is 17.3 Å². The fourth-order valence-electron chi connectivity index (χ4n) is 1.76. The molecule has 0 aliphatic carbocycles. The number of benzene rings is 1. The van der Waals surface area contributed by atoms with Gasteiger partial charge in [-0.15, -0.1) is 0 Å². The van der Waals surface area contributed by atoms with E-state index in [-0.39, 0.29) is 0 Å². The molecule has 3 nitrogen and oxygen atoms in total. The van der Waals surface area contributed by atoms with Gasteiger partial charge in [0.25, 0.3) is 0 Å². The smallest absolute Gasteiger partial charge is 0.113 e. The average Bonchev–Trinajstić information content (AvgIpc) is 2.77. The molecule has 0 unspecified atom stereocenters. The topological polar surface area (TPSA) is 43.8 Å². The van der Waals surface area contributed by atoms with Crippen LogP contribution in [0.3, 0.4) is 0 Å². The van der Waals surface area contributed by atoms with Crippen LogP contribution in [0.25, 0.3) is 0 Å². The molecule has 0 spiro atoms. The third kappa shape index (κ3) is 3.32. The summed E-state index contributed by atoms with van der Waals surface area (Å²) in [6.07, 6.45) is 5.64. The van der Waals surface area contributed by atoms with E-state index in [2.05, 4.69) is 9.55 Å². The molecule has 17 heavy (non-hydrogen) atoms. The van der Waals surface area contributed by atoms with Gasteiger partial charge in [0.05, 0.1) is 0 Å². The summed E-state index contributed by atoms with van der Waals surface area (Å²) in [5.74, 6) is 1.07. The summed E-state index contributed by atoms with van der Waals surface area (Å²) in [4.78, 5) is 4.38. The molecule has 0 aliphatic rings. The lowest BCUT2D eigenvalue weighted by Gasteiger charge is -2.07. The van der Waals surface area contributed by atoms with Gasteiger partial charge in [-0.2, -0.15) is 0 Å². The number of nitrogens with zero attached hydrogens (tertiary/aromatic N) is 2. The van der Waals surface area contributed by atoms with Crippen molar-refractivity contribution in [2.75, 3.05) is 6.54 Å². The summed E-state index contributed by atoms with van der Waals surface area (Å²) in [6, 6.07) is 7.88. The standard InChI is InChI=1S/C13H16ClN3/c14-12-4-2-11(3-5-12)10-13-16-7-9-17(13)8-1-6-15/h2-5,7,9H,1,6,8,10,15H2. The number of hydrogen-bond acceptors (Lipinski definition) is 2. The maximum atomic E-state index is 5.86. The van der Waals surface area contributed by atoms with Gasteiger partial charge in [0, 0.05) is 30.4 Å². The number of halogens is 1. The Labute approximate surface area is 106 Å². The van der Waals surface area contributed by atoms with Gasteiger partial charge < -0.3 is 10.3 Å². The quantitative estimate of drug-likeness (QED) is 0.885. The first-order valence-corrected chi connectivity index (χ1v) is 6.12. The Hall–Kier alpha value is -1.32. The summed E-state index contributed by atoms with van der Waals surface area (Å²) < 4.78 is 2.15. The fraction of sp³-hybridized carbons (Fsp3) is 0.308. The van der Waals surface area contributed by atoms with Crippen LogP contribution >= 0.6 is 11.6 Å². The third-order valence-corrected chi connectivity index (χ3v) is 2.93. The van der Waals surface area contributed by atoms with Crippen LogP contribution in [0.4, 0.5) is 0 Å². The van der Waals surface area contributed by atoms with Crippen LogP contribution in [0.2, 0.25) is 5.02 Å². The molecule has 0 aliphatic heterocycles. The molecule has 0 saturated heterocycles. The zero-order chi connectivity index (χ0) is 12.1. The van der Waals surface area contributed by atoms with Crippen molar-refractivity contribution >= 4 is 11.6 Å². The Balaban J connectivity index is 2.07. The highest BCUT2D eigenvalue weighted by Gasteiger charge is 2.03. The Kier molecular flexibility index (Phi) is 4.18. The summed E-state index contributed by atoms with van der Waals surface area (Å²) in [5.41, 5.74) is 6.73. The van der Waals surface area contributed by atoms with Gasteiger partial charge in [0.2, 0.25) is 0 Å². The molecule has 2 N–H and O–H groups in total. The monoisotopic (exact) mass is 249 g/mol. The Morgan fingerprint density at radius 2 is 2.00 bits per heavy atom. The normalized spacial score (nSPS) is 10.7. The van der Waals surface area contributed by atoms with Crippen LogP contribution in [0.15, 0.2) is 36.7 Å². The van der Waals surface area contributed by atoms with Crippen molar-refractivity contribution in [2.24, 2.45) is 5.73 Å². The first kappa shape index (κ1) is 12.1. The van der Waals surface area contributed by atoms with Crippen LogP contribution in [-0.2, 0) is 13.0 Å². The molecule has 2 aromatic rings. The van der Waals surface area contributed by atoms with Crippen molar-refractivity contribution in [1.82, 2.24) is 9.55 Å². The molecule has 1 aromatic heterocycles. The van der Waals surface area contributed by atoms with E-state index >= 15 is 0 Å². The van der Waals surface area contributed by atoms with Crippen molar-refractivity contribution in [3.63, 3.8) is 0 Å². The maximum Gasteiger partial charge on any atom is 0.113 e. The van der Waals surface area contributed by atoms with Crippen molar-refractivity contribution in [3.05, 3.63) is 53.1 Å². The van der Waals surface area contributed by atoms with Crippen molar-refractivity contribution in [1.29, 1.82) is 0 Å². The van der Waals surface area contributed by atoms with Gasteiger partial charge in [0.15, 0.2) is 0 Å². The van der Waals surface area contributed by atoms with Gasteiger partial charge in [-0.05, 0) is 30.7 Å². The highest BCUT2D eigenvalue weighted by molar-refractivity contribution is 6.30. The lowest BCUT2D eigenvalue weighted by atomic mass is 10.1. The van der Waals surface area contributed by atoms with E-state index in [9.17, 15) is 0 Å². The SMILES string of the molecule is NCCCn1ccnc1Cc1ccc(Cl)cc1. The lowest BCUT2D eigenvalue weighted by Crippen LogP contribution is -2.08. The predicted molar refractivity (Wildman–Crippen MR) is 70.2 cm³/mol.